The predicted molar refractivity (Wildman–Crippen MR) is 79.5 cm³/mol. The van der Waals surface area contributed by atoms with Crippen molar-refractivity contribution in [2.24, 2.45) is 0 Å². The molecular weight excluding hydrogens is 220 g/mol. The number of hydrogen-bond donors (Lipinski definition) is 0. The van der Waals surface area contributed by atoms with Crippen LogP contribution in [-0.4, -0.2) is 6.61 Å². The van der Waals surface area contributed by atoms with Gasteiger partial charge in [0.05, 0.1) is 6.61 Å². The zero-order valence-corrected chi connectivity index (χ0v) is 12.2. The number of ether oxygens (including phenoxy) is 1. The van der Waals surface area contributed by atoms with E-state index in [1.807, 2.05) is 6.92 Å². The van der Waals surface area contributed by atoms with Gasteiger partial charge in [0.25, 0.3) is 0 Å². The molecule has 0 bridgehead atoms. The van der Waals surface area contributed by atoms with Crippen LogP contribution >= 0.6 is 0 Å². The highest BCUT2D eigenvalue weighted by atomic mass is 16.5. The van der Waals surface area contributed by atoms with Gasteiger partial charge in [-0.1, -0.05) is 39.0 Å². The first-order valence-electron chi connectivity index (χ1n) is 7.13. The molecule has 0 aliphatic carbocycles. The van der Waals surface area contributed by atoms with Crippen molar-refractivity contribution in [3.05, 3.63) is 41.5 Å². The Kier molecular flexibility index (Phi) is 6.56. The number of rotatable bonds is 7. The minimum atomic E-state index is 0.582. The molecule has 1 aromatic rings. The fourth-order valence-corrected chi connectivity index (χ4v) is 2.22. The van der Waals surface area contributed by atoms with Gasteiger partial charge in [0, 0.05) is 0 Å². The van der Waals surface area contributed by atoms with Crippen molar-refractivity contribution in [3.63, 3.8) is 0 Å². The molecule has 1 nitrogen and oxygen atoms in total. The maximum atomic E-state index is 5.57. The van der Waals surface area contributed by atoms with Gasteiger partial charge < -0.3 is 4.74 Å². The lowest BCUT2D eigenvalue weighted by Gasteiger charge is -2.16. The van der Waals surface area contributed by atoms with Gasteiger partial charge in [-0.05, 0) is 55.4 Å². The lowest BCUT2D eigenvalue weighted by Crippen LogP contribution is -2.00. The van der Waals surface area contributed by atoms with Crippen LogP contribution in [0.15, 0.2) is 30.4 Å². The van der Waals surface area contributed by atoms with Crippen LogP contribution in [0.1, 0.15) is 57.6 Å². The molecule has 0 aromatic heterocycles. The summed E-state index contributed by atoms with van der Waals surface area (Å²) in [4.78, 5) is 0. The molecule has 0 N–H and O–H groups in total. The fraction of sp³-hybridized carbons (Fsp3) is 0.529. The Morgan fingerprint density at radius 3 is 2.56 bits per heavy atom. The van der Waals surface area contributed by atoms with Gasteiger partial charge in [0.2, 0.25) is 0 Å². The van der Waals surface area contributed by atoms with E-state index in [9.17, 15) is 0 Å². The Bertz CT molecular complexity index is 379. The van der Waals surface area contributed by atoms with Gasteiger partial charge in [0.1, 0.15) is 5.75 Å². The Morgan fingerprint density at radius 2 is 1.94 bits per heavy atom. The van der Waals surface area contributed by atoms with Gasteiger partial charge in [-0.15, -0.1) is 0 Å². The first-order chi connectivity index (χ1) is 8.72. The minimum absolute atomic E-state index is 0.582. The number of hydrogen-bond acceptors (Lipinski definition) is 1. The second-order valence-electron chi connectivity index (χ2n) is 4.66. The van der Waals surface area contributed by atoms with Crippen LogP contribution in [0.2, 0.25) is 0 Å². The molecule has 18 heavy (non-hydrogen) atoms. The molecular formula is C17H26O. The third kappa shape index (κ3) is 4.21. The first-order valence-corrected chi connectivity index (χ1v) is 7.13. The van der Waals surface area contributed by atoms with Crippen LogP contribution in [0.25, 0.3) is 0 Å². The summed E-state index contributed by atoms with van der Waals surface area (Å²) in [5, 5.41) is 0. The summed E-state index contributed by atoms with van der Waals surface area (Å²) in [5.41, 5.74) is 2.88. The van der Waals surface area contributed by atoms with E-state index < -0.39 is 0 Å². The quantitative estimate of drug-likeness (QED) is 0.608. The molecule has 0 saturated carbocycles. The molecule has 1 unspecified atom stereocenters. The first kappa shape index (κ1) is 14.8. The number of aryl methyl sites for hydroxylation is 1. The van der Waals surface area contributed by atoms with Gasteiger partial charge in [0.15, 0.2) is 0 Å². The second kappa shape index (κ2) is 7.97. The Hall–Kier alpha value is -1.24. The van der Waals surface area contributed by atoms with Crippen molar-refractivity contribution < 1.29 is 4.74 Å². The molecule has 0 amide bonds. The second-order valence-corrected chi connectivity index (χ2v) is 4.66. The molecule has 0 aliphatic heterocycles. The topological polar surface area (TPSA) is 9.23 Å². The molecule has 1 atom stereocenters. The largest absolute Gasteiger partial charge is 0.494 e. The molecule has 0 saturated heterocycles. The average Bonchev–Trinajstić information content (AvgIpc) is 2.39. The third-order valence-corrected chi connectivity index (χ3v) is 3.23. The molecule has 0 heterocycles. The zero-order valence-electron chi connectivity index (χ0n) is 12.2. The molecule has 1 aromatic carbocycles. The third-order valence-electron chi connectivity index (χ3n) is 3.23. The Labute approximate surface area is 112 Å². The van der Waals surface area contributed by atoms with E-state index in [-0.39, 0.29) is 0 Å². The molecule has 1 rings (SSSR count). The summed E-state index contributed by atoms with van der Waals surface area (Å²) in [7, 11) is 0. The van der Waals surface area contributed by atoms with Crippen LogP contribution in [0, 0.1) is 0 Å². The van der Waals surface area contributed by atoms with Crippen LogP contribution in [0.5, 0.6) is 5.75 Å². The molecule has 0 aliphatic rings. The highest BCUT2D eigenvalue weighted by Crippen LogP contribution is 2.27. The van der Waals surface area contributed by atoms with Crippen molar-refractivity contribution in [2.45, 2.75) is 52.9 Å². The summed E-state index contributed by atoms with van der Waals surface area (Å²) < 4.78 is 5.57. The normalized spacial score (nSPS) is 12.9. The van der Waals surface area contributed by atoms with Gasteiger partial charge in [-0.3, -0.25) is 0 Å². The average molecular weight is 246 g/mol. The van der Waals surface area contributed by atoms with E-state index in [0.29, 0.717) is 5.92 Å². The van der Waals surface area contributed by atoms with Crippen molar-refractivity contribution in [2.75, 3.05) is 6.61 Å². The van der Waals surface area contributed by atoms with Gasteiger partial charge in [-0.2, -0.15) is 0 Å². The monoisotopic (exact) mass is 246 g/mol. The Morgan fingerprint density at radius 1 is 1.17 bits per heavy atom. The van der Waals surface area contributed by atoms with Crippen LogP contribution in [0.3, 0.4) is 0 Å². The van der Waals surface area contributed by atoms with Gasteiger partial charge in [-0.25, -0.2) is 0 Å². The summed E-state index contributed by atoms with van der Waals surface area (Å²) in [6.45, 7) is 9.45. The maximum Gasteiger partial charge on any atom is 0.119 e. The van der Waals surface area contributed by atoms with Crippen LogP contribution < -0.4 is 4.74 Å². The van der Waals surface area contributed by atoms with Crippen molar-refractivity contribution in [3.8, 4) is 5.75 Å². The van der Waals surface area contributed by atoms with Crippen molar-refractivity contribution >= 4 is 0 Å². The van der Waals surface area contributed by atoms with Crippen LogP contribution in [0.4, 0.5) is 0 Å². The van der Waals surface area contributed by atoms with Crippen molar-refractivity contribution in [1.29, 1.82) is 0 Å². The molecule has 0 spiro atoms. The highest BCUT2D eigenvalue weighted by molar-refractivity contribution is 5.37. The van der Waals surface area contributed by atoms with Gasteiger partial charge >= 0.3 is 0 Å². The number of allylic oxidation sites excluding steroid dienone is 2. The van der Waals surface area contributed by atoms with E-state index in [4.69, 9.17) is 4.74 Å². The standard InChI is InChI=1S/C17H26O/c1-5-8-9-10-14(4)17-12-11-16(18-7-3)13-15(17)6-2/h8-9,11-14H,5-7,10H2,1-4H3/b9-8-. The van der Waals surface area contributed by atoms with Crippen LogP contribution in [-0.2, 0) is 6.42 Å². The zero-order chi connectivity index (χ0) is 13.4. The summed E-state index contributed by atoms with van der Waals surface area (Å²) in [5.74, 6) is 1.58. The predicted octanol–water partition coefficient (Wildman–Crippen LogP) is 5.11. The maximum absolute atomic E-state index is 5.57. The summed E-state index contributed by atoms with van der Waals surface area (Å²) >= 11 is 0. The lowest BCUT2D eigenvalue weighted by atomic mass is 9.91. The van der Waals surface area contributed by atoms with E-state index in [2.05, 4.69) is 51.1 Å². The SMILES string of the molecule is CC/C=C\CC(C)c1ccc(OCC)cc1CC. The molecule has 100 valence electrons. The molecule has 1 heteroatoms. The van der Waals surface area contributed by atoms with E-state index in [1.54, 1.807) is 0 Å². The summed E-state index contributed by atoms with van der Waals surface area (Å²) in [6, 6.07) is 6.52. The molecule has 0 radical (unpaired) electrons. The van der Waals surface area contributed by atoms with E-state index >= 15 is 0 Å². The lowest BCUT2D eigenvalue weighted by molar-refractivity contribution is 0.339. The summed E-state index contributed by atoms with van der Waals surface area (Å²) in [6.07, 6.45) is 7.85. The highest BCUT2D eigenvalue weighted by Gasteiger charge is 2.09. The smallest absolute Gasteiger partial charge is 0.119 e. The Balaban J connectivity index is 2.83. The van der Waals surface area contributed by atoms with Crippen molar-refractivity contribution in [1.82, 2.24) is 0 Å². The molecule has 0 fully saturated rings. The van der Waals surface area contributed by atoms with E-state index in [1.165, 1.54) is 11.1 Å². The fourth-order valence-electron chi connectivity index (χ4n) is 2.22. The van der Waals surface area contributed by atoms with E-state index in [0.717, 1.165) is 31.6 Å². The number of benzene rings is 1. The minimum Gasteiger partial charge on any atom is -0.494 e.